The summed E-state index contributed by atoms with van der Waals surface area (Å²) in [6.07, 6.45) is 4.40. The molecule has 0 aromatic carbocycles. The van der Waals surface area contributed by atoms with Crippen molar-refractivity contribution in [3.8, 4) is 0 Å². The van der Waals surface area contributed by atoms with Crippen molar-refractivity contribution in [3.05, 3.63) is 5.92 Å². The summed E-state index contributed by atoms with van der Waals surface area (Å²) >= 11 is 0. The fourth-order valence-corrected chi connectivity index (χ4v) is 2.11. The molecule has 0 bridgehead atoms. The predicted molar refractivity (Wildman–Crippen MR) is 89.0 cm³/mol. The van der Waals surface area contributed by atoms with E-state index in [0.29, 0.717) is 18.9 Å². The predicted octanol–water partition coefficient (Wildman–Crippen LogP) is 2.52. The molecular formula is C16H33N4O. The molecule has 1 radical (unpaired) electrons. The number of hydrogen-bond acceptors (Lipinski definition) is 3. The summed E-state index contributed by atoms with van der Waals surface area (Å²) < 4.78 is 0. The summed E-state index contributed by atoms with van der Waals surface area (Å²) in [5.41, 5.74) is 5.45. The SMILES string of the molecule is CCCN(C(=N)N)C(=O)C[C](C)CCCCNCC(C)C. The summed E-state index contributed by atoms with van der Waals surface area (Å²) in [7, 11) is 0. The van der Waals surface area contributed by atoms with Crippen molar-refractivity contribution in [2.24, 2.45) is 11.7 Å². The average Bonchev–Trinajstić information content (AvgIpc) is 2.39. The van der Waals surface area contributed by atoms with Crippen LogP contribution in [0.15, 0.2) is 0 Å². The Labute approximate surface area is 130 Å². The Hall–Kier alpha value is -1.10. The van der Waals surface area contributed by atoms with Gasteiger partial charge in [-0.1, -0.05) is 34.1 Å². The Morgan fingerprint density at radius 3 is 2.52 bits per heavy atom. The number of hydrogen-bond donors (Lipinski definition) is 3. The normalized spacial score (nSPS) is 11.1. The Bertz CT molecular complexity index is 305. The van der Waals surface area contributed by atoms with Gasteiger partial charge in [0.05, 0.1) is 0 Å². The highest BCUT2D eigenvalue weighted by molar-refractivity contribution is 5.95. The topological polar surface area (TPSA) is 82.2 Å². The van der Waals surface area contributed by atoms with Crippen LogP contribution in [0.3, 0.4) is 0 Å². The van der Waals surface area contributed by atoms with Crippen LogP contribution in [0.25, 0.3) is 0 Å². The minimum absolute atomic E-state index is 0.0558. The van der Waals surface area contributed by atoms with Crippen LogP contribution in [-0.4, -0.2) is 36.4 Å². The quantitative estimate of drug-likeness (QED) is 0.311. The monoisotopic (exact) mass is 297 g/mol. The highest BCUT2D eigenvalue weighted by Crippen LogP contribution is 2.15. The van der Waals surface area contributed by atoms with E-state index in [1.807, 2.05) is 13.8 Å². The third-order valence-corrected chi connectivity index (χ3v) is 3.25. The van der Waals surface area contributed by atoms with Crippen molar-refractivity contribution in [3.63, 3.8) is 0 Å². The molecule has 0 aliphatic carbocycles. The van der Waals surface area contributed by atoms with E-state index in [1.54, 1.807) is 0 Å². The Balaban J connectivity index is 3.84. The van der Waals surface area contributed by atoms with E-state index in [0.717, 1.165) is 38.8 Å². The van der Waals surface area contributed by atoms with Gasteiger partial charge in [-0.25, -0.2) is 0 Å². The minimum atomic E-state index is -0.146. The van der Waals surface area contributed by atoms with E-state index in [1.165, 1.54) is 10.8 Å². The molecule has 0 saturated carbocycles. The van der Waals surface area contributed by atoms with Crippen LogP contribution >= 0.6 is 0 Å². The summed E-state index contributed by atoms with van der Waals surface area (Å²) in [5, 5.41) is 10.9. The second kappa shape index (κ2) is 11.5. The molecule has 21 heavy (non-hydrogen) atoms. The number of nitrogens with two attached hydrogens (primary N) is 1. The van der Waals surface area contributed by atoms with Crippen molar-refractivity contribution in [1.82, 2.24) is 10.2 Å². The summed E-state index contributed by atoms with van der Waals surface area (Å²) in [6, 6.07) is 0. The molecule has 4 N–H and O–H groups in total. The number of carbonyl (C=O) groups is 1. The summed E-state index contributed by atoms with van der Waals surface area (Å²) in [6.45, 7) is 11.0. The first-order chi connectivity index (χ1) is 9.88. The van der Waals surface area contributed by atoms with Gasteiger partial charge in [-0.3, -0.25) is 15.1 Å². The third-order valence-electron chi connectivity index (χ3n) is 3.25. The molecule has 0 spiro atoms. The number of carbonyl (C=O) groups excluding carboxylic acids is 1. The maximum atomic E-state index is 12.1. The van der Waals surface area contributed by atoms with E-state index in [2.05, 4.69) is 19.2 Å². The molecule has 0 saturated heterocycles. The van der Waals surface area contributed by atoms with E-state index >= 15 is 0 Å². The van der Waals surface area contributed by atoms with Crippen LogP contribution < -0.4 is 11.1 Å². The first-order valence-corrected chi connectivity index (χ1v) is 8.04. The molecule has 5 heteroatoms. The molecule has 0 fully saturated rings. The van der Waals surface area contributed by atoms with Crippen LogP contribution in [0.5, 0.6) is 0 Å². The smallest absolute Gasteiger partial charge is 0.229 e. The van der Waals surface area contributed by atoms with E-state index in [-0.39, 0.29) is 11.9 Å². The zero-order chi connectivity index (χ0) is 16.3. The van der Waals surface area contributed by atoms with Gasteiger partial charge in [0.15, 0.2) is 5.96 Å². The lowest BCUT2D eigenvalue weighted by molar-refractivity contribution is -0.127. The van der Waals surface area contributed by atoms with E-state index < -0.39 is 0 Å². The molecular weight excluding hydrogens is 264 g/mol. The number of rotatable bonds is 11. The second-order valence-corrected chi connectivity index (χ2v) is 6.12. The van der Waals surface area contributed by atoms with Crippen LogP contribution in [-0.2, 0) is 4.79 Å². The summed E-state index contributed by atoms with van der Waals surface area (Å²) in [4.78, 5) is 13.4. The highest BCUT2D eigenvalue weighted by Gasteiger charge is 2.18. The van der Waals surface area contributed by atoms with Gasteiger partial charge < -0.3 is 11.1 Å². The molecule has 0 atom stereocenters. The molecule has 0 unspecified atom stereocenters. The number of guanidine groups is 1. The molecule has 123 valence electrons. The Kier molecular flexibility index (Phi) is 10.9. The number of amides is 1. The molecule has 0 aromatic heterocycles. The van der Waals surface area contributed by atoms with Gasteiger partial charge in [0.1, 0.15) is 0 Å². The molecule has 1 amide bonds. The van der Waals surface area contributed by atoms with Crippen molar-refractivity contribution in [2.45, 2.75) is 59.8 Å². The highest BCUT2D eigenvalue weighted by atomic mass is 16.2. The van der Waals surface area contributed by atoms with Gasteiger partial charge in [0.2, 0.25) is 5.91 Å². The lowest BCUT2D eigenvalue weighted by Gasteiger charge is -2.21. The van der Waals surface area contributed by atoms with Gasteiger partial charge in [0, 0.05) is 13.0 Å². The Morgan fingerprint density at radius 2 is 2.00 bits per heavy atom. The van der Waals surface area contributed by atoms with Crippen molar-refractivity contribution in [2.75, 3.05) is 19.6 Å². The van der Waals surface area contributed by atoms with Crippen molar-refractivity contribution < 1.29 is 4.79 Å². The number of nitrogens with zero attached hydrogens (tertiary/aromatic N) is 1. The van der Waals surface area contributed by atoms with Crippen LogP contribution in [0.4, 0.5) is 0 Å². The van der Waals surface area contributed by atoms with Crippen molar-refractivity contribution in [1.29, 1.82) is 5.41 Å². The van der Waals surface area contributed by atoms with Crippen molar-refractivity contribution >= 4 is 11.9 Å². The maximum Gasteiger partial charge on any atom is 0.229 e. The first-order valence-electron chi connectivity index (χ1n) is 8.04. The zero-order valence-electron chi connectivity index (χ0n) is 14.2. The summed E-state index contributed by atoms with van der Waals surface area (Å²) in [5.74, 6) is 1.66. The molecule has 5 nitrogen and oxygen atoms in total. The van der Waals surface area contributed by atoms with E-state index in [9.17, 15) is 4.79 Å². The maximum absolute atomic E-state index is 12.1. The minimum Gasteiger partial charge on any atom is -0.370 e. The third kappa shape index (κ3) is 10.3. The zero-order valence-corrected chi connectivity index (χ0v) is 14.2. The number of nitrogens with one attached hydrogen (secondary N) is 2. The molecule has 0 heterocycles. The molecule has 0 aliphatic rings. The first kappa shape index (κ1) is 19.9. The Morgan fingerprint density at radius 1 is 1.33 bits per heavy atom. The fraction of sp³-hybridized carbons (Fsp3) is 0.812. The molecule has 0 rings (SSSR count). The van der Waals surface area contributed by atoms with Gasteiger partial charge in [-0.15, -0.1) is 0 Å². The van der Waals surface area contributed by atoms with Gasteiger partial charge in [0.25, 0.3) is 0 Å². The van der Waals surface area contributed by atoms with Gasteiger partial charge in [-0.2, -0.15) is 0 Å². The lowest BCUT2D eigenvalue weighted by Crippen LogP contribution is -2.42. The van der Waals surface area contributed by atoms with Gasteiger partial charge in [-0.05, 0) is 44.2 Å². The molecule has 0 aromatic rings. The molecule has 0 aliphatic heterocycles. The van der Waals surface area contributed by atoms with Crippen LogP contribution in [0, 0.1) is 17.2 Å². The fourth-order valence-electron chi connectivity index (χ4n) is 2.11. The van der Waals surface area contributed by atoms with Gasteiger partial charge >= 0.3 is 0 Å². The number of unbranched alkanes of at least 4 members (excludes halogenated alkanes) is 1. The van der Waals surface area contributed by atoms with Crippen LogP contribution in [0.2, 0.25) is 0 Å². The second-order valence-electron chi connectivity index (χ2n) is 6.12. The average molecular weight is 297 g/mol. The van der Waals surface area contributed by atoms with Crippen LogP contribution in [0.1, 0.15) is 59.8 Å². The lowest BCUT2D eigenvalue weighted by atomic mass is 9.99. The standard InChI is InChI=1S/C16H33N4O/c1-5-10-20(16(17)18)15(21)11-14(4)8-6-7-9-19-12-13(2)3/h13,19H,5-12H2,1-4H3,(H3,17,18). The van der Waals surface area contributed by atoms with E-state index in [4.69, 9.17) is 11.1 Å². The largest absolute Gasteiger partial charge is 0.370 e.